The molecule has 0 saturated carbocycles. The molecule has 1 aliphatic rings. The fourth-order valence-electron chi connectivity index (χ4n) is 4.88. The number of nitrogens with one attached hydrogen (secondary N) is 1. The van der Waals surface area contributed by atoms with Crippen LogP contribution in [0.15, 0.2) is 59.4 Å². The third-order valence-electron chi connectivity index (χ3n) is 6.60. The van der Waals surface area contributed by atoms with Gasteiger partial charge >= 0.3 is 0 Å². The maximum atomic E-state index is 13.1. The summed E-state index contributed by atoms with van der Waals surface area (Å²) in [5.41, 5.74) is 3.27. The molecule has 0 unspecified atom stereocenters. The number of halogens is 2. The quantitative estimate of drug-likeness (QED) is 0.153. The summed E-state index contributed by atoms with van der Waals surface area (Å²) in [6.45, 7) is 0.495. The summed E-state index contributed by atoms with van der Waals surface area (Å²) in [5.74, 6) is 1.48. The second kappa shape index (κ2) is 9.82. The van der Waals surface area contributed by atoms with Crippen LogP contribution in [-0.2, 0) is 19.4 Å². The summed E-state index contributed by atoms with van der Waals surface area (Å²) in [5, 5.41) is 3.22. The van der Waals surface area contributed by atoms with E-state index in [1.807, 2.05) is 12.1 Å². The molecule has 2 aromatic heterocycles. The zero-order chi connectivity index (χ0) is 23.9. The monoisotopic (exact) mass is 704 g/mol. The lowest BCUT2D eigenvalue weighted by molar-refractivity contribution is 0.303. The number of hydrogen-bond donors (Lipinski definition) is 1. The highest BCUT2D eigenvalue weighted by molar-refractivity contribution is 14.1. The maximum Gasteiger partial charge on any atom is 0.260 e. The van der Waals surface area contributed by atoms with Gasteiger partial charge in [-0.25, -0.2) is 4.98 Å². The van der Waals surface area contributed by atoms with E-state index in [-0.39, 0.29) is 5.56 Å². The van der Waals surface area contributed by atoms with Gasteiger partial charge in [-0.2, -0.15) is 0 Å². The molecule has 176 valence electrons. The van der Waals surface area contributed by atoms with Gasteiger partial charge in [0, 0.05) is 10.4 Å². The van der Waals surface area contributed by atoms with Gasteiger partial charge in [0.05, 0.1) is 12.5 Å². The molecule has 6 rings (SSSR count). The van der Waals surface area contributed by atoms with Gasteiger partial charge in [0.15, 0.2) is 0 Å². The van der Waals surface area contributed by atoms with E-state index in [9.17, 15) is 4.79 Å². The standard InChI is InChI=1S/C28H22I2N2O2S/c29-21-13-18(26-31-27(33)24-20-11-2-1-3-12-23(20)35-28(24)32-26)14-22(30)25(21)34-15-17-9-6-8-16-7-4-5-10-19(16)17/h4-10,13-14H,1-3,11-12,15H2,(H,31,32,33). The molecule has 7 heteroatoms. The first kappa shape index (κ1) is 23.4. The van der Waals surface area contributed by atoms with Crippen molar-refractivity contribution in [3.05, 3.63) is 88.1 Å². The molecule has 0 spiro atoms. The number of fused-ring (bicyclic) bond motifs is 4. The topological polar surface area (TPSA) is 55.0 Å². The van der Waals surface area contributed by atoms with Gasteiger partial charge in [0.2, 0.25) is 0 Å². The summed E-state index contributed by atoms with van der Waals surface area (Å²) in [6, 6.07) is 18.8. The molecule has 0 saturated heterocycles. The molecule has 0 bridgehead atoms. The van der Waals surface area contributed by atoms with E-state index in [0.717, 1.165) is 53.5 Å². The number of H-pyrrole nitrogens is 1. The molecule has 1 aliphatic carbocycles. The molecular formula is C28H22I2N2O2S. The van der Waals surface area contributed by atoms with E-state index in [0.29, 0.717) is 12.4 Å². The summed E-state index contributed by atoms with van der Waals surface area (Å²) < 4.78 is 8.30. The van der Waals surface area contributed by atoms with Crippen LogP contribution >= 0.6 is 56.5 Å². The van der Waals surface area contributed by atoms with Gasteiger partial charge in [0.25, 0.3) is 5.56 Å². The van der Waals surface area contributed by atoms with Crippen molar-refractivity contribution in [2.45, 2.75) is 38.7 Å². The summed E-state index contributed by atoms with van der Waals surface area (Å²) in [4.78, 5) is 23.3. The van der Waals surface area contributed by atoms with E-state index in [4.69, 9.17) is 9.72 Å². The Hall–Kier alpha value is -1.98. The van der Waals surface area contributed by atoms with Crippen LogP contribution in [0.25, 0.3) is 32.4 Å². The van der Waals surface area contributed by atoms with Crippen molar-refractivity contribution < 1.29 is 4.74 Å². The van der Waals surface area contributed by atoms with Gasteiger partial charge in [-0.1, -0.05) is 48.9 Å². The lowest BCUT2D eigenvalue weighted by atomic mass is 10.1. The predicted molar refractivity (Wildman–Crippen MR) is 161 cm³/mol. The largest absolute Gasteiger partial charge is 0.487 e. The highest BCUT2D eigenvalue weighted by Gasteiger charge is 2.20. The van der Waals surface area contributed by atoms with Crippen LogP contribution in [0.2, 0.25) is 0 Å². The van der Waals surface area contributed by atoms with Crippen LogP contribution in [-0.4, -0.2) is 9.97 Å². The molecule has 1 N–H and O–H groups in total. The van der Waals surface area contributed by atoms with E-state index in [2.05, 4.69) is 92.6 Å². The first-order valence-electron chi connectivity index (χ1n) is 11.7. The van der Waals surface area contributed by atoms with E-state index < -0.39 is 0 Å². The van der Waals surface area contributed by atoms with Crippen molar-refractivity contribution in [3.8, 4) is 17.1 Å². The molecule has 35 heavy (non-hydrogen) atoms. The minimum Gasteiger partial charge on any atom is -0.487 e. The third-order valence-corrected chi connectivity index (χ3v) is 9.39. The lowest BCUT2D eigenvalue weighted by Crippen LogP contribution is -2.10. The number of aryl methyl sites for hydroxylation is 2. The normalized spacial score (nSPS) is 13.7. The Morgan fingerprint density at radius 1 is 0.971 bits per heavy atom. The number of rotatable bonds is 4. The van der Waals surface area contributed by atoms with E-state index in [1.165, 1.54) is 34.1 Å². The fraction of sp³-hybridized carbons (Fsp3) is 0.214. The molecule has 0 atom stereocenters. The third kappa shape index (κ3) is 4.51. The SMILES string of the molecule is O=c1[nH]c(-c2cc(I)c(OCc3cccc4ccccc34)c(I)c2)nc2sc3c(c12)CCCCC3. The van der Waals surface area contributed by atoms with Gasteiger partial charge in [-0.15, -0.1) is 11.3 Å². The number of benzene rings is 3. The van der Waals surface area contributed by atoms with Gasteiger partial charge in [-0.05, 0) is 105 Å². The van der Waals surface area contributed by atoms with Crippen LogP contribution in [0.4, 0.5) is 0 Å². The lowest BCUT2D eigenvalue weighted by Gasteiger charge is -2.13. The minimum absolute atomic E-state index is 0.0225. The zero-order valence-corrected chi connectivity index (χ0v) is 24.0. The fourth-order valence-corrected chi connectivity index (χ4v) is 8.22. The molecule has 0 fully saturated rings. The van der Waals surface area contributed by atoms with Crippen molar-refractivity contribution >= 4 is 77.5 Å². The number of thiophene rings is 1. The van der Waals surface area contributed by atoms with Gasteiger partial charge < -0.3 is 9.72 Å². The van der Waals surface area contributed by atoms with E-state index in [1.54, 1.807) is 11.3 Å². The smallest absolute Gasteiger partial charge is 0.260 e. The van der Waals surface area contributed by atoms with Crippen molar-refractivity contribution in [2.24, 2.45) is 0 Å². The van der Waals surface area contributed by atoms with Crippen molar-refractivity contribution in [1.82, 2.24) is 9.97 Å². The van der Waals surface area contributed by atoms with Crippen LogP contribution in [0.3, 0.4) is 0 Å². The first-order chi connectivity index (χ1) is 17.1. The average molecular weight is 704 g/mol. The van der Waals surface area contributed by atoms with Crippen LogP contribution in [0, 0.1) is 7.14 Å². The van der Waals surface area contributed by atoms with Crippen LogP contribution in [0.5, 0.6) is 5.75 Å². The highest BCUT2D eigenvalue weighted by Crippen LogP contribution is 2.36. The Morgan fingerprint density at radius 2 is 1.74 bits per heavy atom. The van der Waals surface area contributed by atoms with Crippen molar-refractivity contribution in [3.63, 3.8) is 0 Å². The number of ether oxygens (including phenoxy) is 1. The molecule has 2 heterocycles. The molecule has 3 aromatic carbocycles. The molecule has 0 aliphatic heterocycles. The highest BCUT2D eigenvalue weighted by atomic mass is 127. The number of hydrogen-bond acceptors (Lipinski definition) is 4. The summed E-state index contributed by atoms with van der Waals surface area (Å²) in [7, 11) is 0. The number of aromatic nitrogens is 2. The molecule has 0 amide bonds. The van der Waals surface area contributed by atoms with Gasteiger partial charge in [-0.3, -0.25) is 4.79 Å². The molecular weight excluding hydrogens is 682 g/mol. The second-order valence-corrected chi connectivity index (χ2v) is 12.3. The Kier molecular flexibility index (Phi) is 6.57. The Morgan fingerprint density at radius 3 is 2.60 bits per heavy atom. The van der Waals surface area contributed by atoms with Crippen LogP contribution in [0.1, 0.15) is 35.3 Å². The number of aromatic amines is 1. The molecule has 5 aromatic rings. The molecule has 4 nitrogen and oxygen atoms in total. The molecule has 0 radical (unpaired) electrons. The second-order valence-electron chi connectivity index (χ2n) is 8.86. The summed E-state index contributed by atoms with van der Waals surface area (Å²) >= 11 is 6.32. The van der Waals surface area contributed by atoms with Crippen molar-refractivity contribution in [2.75, 3.05) is 0 Å². The zero-order valence-electron chi connectivity index (χ0n) is 18.9. The summed E-state index contributed by atoms with van der Waals surface area (Å²) in [6.07, 6.45) is 5.62. The average Bonchev–Trinajstić information content (AvgIpc) is 3.05. The Balaban J connectivity index is 1.33. The minimum atomic E-state index is -0.0225. The Labute approximate surface area is 234 Å². The first-order valence-corrected chi connectivity index (χ1v) is 14.7. The van der Waals surface area contributed by atoms with Crippen LogP contribution < -0.4 is 10.3 Å². The van der Waals surface area contributed by atoms with E-state index >= 15 is 0 Å². The maximum absolute atomic E-state index is 13.1. The number of nitrogens with zero attached hydrogens (tertiary/aromatic N) is 1. The predicted octanol–water partition coefficient (Wildman–Crippen LogP) is 7.86. The van der Waals surface area contributed by atoms with Crippen molar-refractivity contribution in [1.29, 1.82) is 0 Å². The van der Waals surface area contributed by atoms with Gasteiger partial charge in [0.1, 0.15) is 23.0 Å². The Bertz CT molecular complexity index is 1610.